The summed E-state index contributed by atoms with van der Waals surface area (Å²) in [6, 6.07) is 24.5. The number of methoxy groups -OCH3 is 1. The zero-order chi connectivity index (χ0) is 25.8. The molecule has 9 heteroatoms. The lowest BCUT2D eigenvalue weighted by Crippen LogP contribution is -2.47. The standard InChI is InChI=1S/C27H25NO8/c1-32-27(36-26(31)21-16-10-5-11-17-21)23(35-25(30)20-14-8-4-9-15-20)22(18-28-33-2)34-24(29)19-12-6-3-7-13-19/h3-18,22-23,27H,1-2H3/b28-18+/t22-,23+,27+/m1/s1. The number of hydrogen-bond donors (Lipinski definition) is 0. The summed E-state index contributed by atoms with van der Waals surface area (Å²) < 4.78 is 22.1. The highest BCUT2D eigenvalue weighted by Crippen LogP contribution is 2.19. The maximum atomic E-state index is 12.9. The highest BCUT2D eigenvalue weighted by molar-refractivity contribution is 5.92. The van der Waals surface area contributed by atoms with Gasteiger partial charge in [-0.05, 0) is 36.4 Å². The van der Waals surface area contributed by atoms with Crippen molar-refractivity contribution in [1.29, 1.82) is 0 Å². The zero-order valence-corrected chi connectivity index (χ0v) is 19.7. The van der Waals surface area contributed by atoms with E-state index in [0.29, 0.717) is 0 Å². The van der Waals surface area contributed by atoms with Crippen LogP contribution in [0, 0.1) is 0 Å². The van der Waals surface area contributed by atoms with Crippen LogP contribution >= 0.6 is 0 Å². The Hall–Kier alpha value is -4.50. The molecule has 3 atom stereocenters. The molecule has 0 amide bonds. The van der Waals surface area contributed by atoms with Gasteiger partial charge in [0.15, 0.2) is 6.10 Å². The first-order chi connectivity index (χ1) is 17.5. The van der Waals surface area contributed by atoms with Crippen molar-refractivity contribution in [3.63, 3.8) is 0 Å². The maximum absolute atomic E-state index is 12.9. The molecule has 9 nitrogen and oxygen atoms in total. The SMILES string of the molecule is CO/N=C/[C@@H](OC(=O)c1ccccc1)[C@H](OC(=O)c1ccccc1)[C@@H](OC)OC(=O)c1ccccc1. The monoisotopic (exact) mass is 491 g/mol. The summed E-state index contributed by atoms with van der Waals surface area (Å²) in [5, 5.41) is 3.68. The van der Waals surface area contributed by atoms with E-state index in [1.54, 1.807) is 91.0 Å². The first kappa shape index (κ1) is 26.1. The summed E-state index contributed by atoms with van der Waals surface area (Å²) >= 11 is 0. The second-order valence-corrected chi connectivity index (χ2v) is 7.28. The largest absolute Gasteiger partial charge is 0.448 e. The molecule has 0 aromatic heterocycles. The lowest BCUT2D eigenvalue weighted by atomic mass is 10.1. The van der Waals surface area contributed by atoms with E-state index in [1.165, 1.54) is 14.2 Å². The topological polar surface area (TPSA) is 110 Å². The molecule has 0 aliphatic carbocycles. The Bertz CT molecular complexity index is 1150. The average molecular weight is 491 g/mol. The number of hydrogen-bond acceptors (Lipinski definition) is 9. The summed E-state index contributed by atoms with van der Waals surface area (Å²) in [5.74, 6) is -2.22. The maximum Gasteiger partial charge on any atom is 0.340 e. The van der Waals surface area contributed by atoms with Crippen LogP contribution < -0.4 is 0 Å². The molecule has 3 rings (SSSR count). The normalized spacial score (nSPS) is 13.3. The van der Waals surface area contributed by atoms with E-state index in [9.17, 15) is 14.4 Å². The molecular formula is C27H25NO8. The van der Waals surface area contributed by atoms with Gasteiger partial charge in [-0.15, -0.1) is 0 Å². The van der Waals surface area contributed by atoms with Gasteiger partial charge in [-0.3, -0.25) is 0 Å². The minimum absolute atomic E-state index is 0.226. The van der Waals surface area contributed by atoms with Gasteiger partial charge in [-0.1, -0.05) is 59.8 Å². The summed E-state index contributed by atoms with van der Waals surface area (Å²) in [6.45, 7) is 0. The van der Waals surface area contributed by atoms with Crippen molar-refractivity contribution in [2.24, 2.45) is 5.16 Å². The van der Waals surface area contributed by atoms with Crippen LogP contribution in [0.4, 0.5) is 0 Å². The van der Waals surface area contributed by atoms with Crippen molar-refractivity contribution in [3.05, 3.63) is 108 Å². The fraction of sp³-hybridized carbons (Fsp3) is 0.185. The van der Waals surface area contributed by atoms with Gasteiger partial charge in [0, 0.05) is 7.11 Å². The third kappa shape index (κ3) is 7.25. The molecule has 3 aromatic rings. The lowest BCUT2D eigenvalue weighted by Gasteiger charge is -2.29. The Balaban J connectivity index is 1.93. The summed E-state index contributed by atoms with van der Waals surface area (Å²) in [6.07, 6.45) is -3.14. The molecule has 0 aliphatic rings. The van der Waals surface area contributed by atoms with Gasteiger partial charge in [0.25, 0.3) is 0 Å². The van der Waals surface area contributed by atoms with Crippen LogP contribution in [0.3, 0.4) is 0 Å². The molecule has 3 aromatic carbocycles. The van der Waals surface area contributed by atoms with Gasteiger partial charge < -0.3 is 23.8 Å². The minimum atomic E-state index is -1.47. The number of carbonyl (C=O) groups excluding carboxylic acids is 3. The summed E-state index contributed by atoms with van der Waals surface area (Å²) in [4.78, 5) is 43.2. The fourth-order valence-corrected chi connectivity index (χ4v) is 3.11. The Labute approximate surface area is 208 Å². The van der Waals surface area contributed by atoms with Gasteiger partial charge in [0.05, 0.1) is 22.9 Å². The van der Waals surface area contributed by atoms with E-state index in [0.717, 1.165) is 6.21 Å². The molecule has 0 N–H and O–H groups in total. The van der Waals surface area contributed by atoms with Crippen molar-refractivity contribution in [2.45, 2.75) is 18.5 Å². The number of rotatable bonds is 11. The second-order valence-electron chi connectivity index (χ2n) is 7.28. The Morgan fingerprint density at radius 1 is 0.639 bits per heavy atom. The zero-order valence-electron chi connectivity index (χ0n) is 19.7. The fourth-order valence-electron chi connectivity index (χ4n) is 3.11. The first-order valence-corrected chi connectivity index (χ1v) is 10.9. The van der Waals surface area contributed by atoms with Crippen molar-refractivity contribution < 1.29 is 38.2 Å². The van der Waals surface area contributed by atoms with Gasteiger partial charge in [0.2, 0.25) is 12.4 Å². The van der Waals surface area contributed by atoms with E-state index < -0.39 is 36.4 Å². The number of benzene rings is 3. The van der Waals surface area contributed by atoms with Gasteiger partial charge in [-0.25, -0.2) is 14.4 Å². The van der Waals surface area contributed by atoms with Crippen LogP contribution in [0.2, 0.25) is 0 Å². The molecule has 0 saturated carbocycles. The van der Waals surface area contributed by atoms with E-state index in [2.05, 4.69) is 5.16 Å². The van der Waals surface area contributed by atoms with Crippen molar-refractivity contribution in [1.82, 2.24) is 0 Å². The minimum Gasteiger partial charge on any atom is -0.448 e. The molecule has 0 aliphatic heterocycles. The highest BCUT2D eigenvalue weighted by atomic mass is 16.7. The molecule has 0 fully saturated rings. The molecule has 0 spiro atoms. The van der Waals surface area contributed by atoms with Crippen molar-refractivity contribution >= 4 is 24.1 Å². The van der Waals surface area contributed by atoms with Crippen molar-refractivity contribution in [3.8, 4) is 0 Å². The van der Waals surface area contributed by atoms with Gasteiger partial charge in [-0.2, -0.15) is 0 Å². The third-order valence-electron chi connectivity index (χ3n) is 4.88. The number of oxime groups is 1. The molecule has 0 unspecified atom stereocenters. The number of ether oxygens (including phenoxy) is 4. The summed E-state index contributed by atoms with van der Waals surface area (Å²) in [5.41, 5.74) is 0.719. The van der Waals surface area contributed by atoms with Crippen molar-refractivity contribution in [2.75, 3.05) is 14.2 Å². The molecule has 0 heterocycles. The van der Waals surface area contributed by atoms with E-state index >= 15 is 0 Å². The molecule has 186 valence electrons. The smallest absolute Gasteiger partial charge is 0.340 e. The number of carbonyl (C=O) groups is 3. The summed E-state index contributed by atoms with van der Waals surface area (Å²) in [7, 11) is 2.55. The number of esters is 3. The van der Waals surface area contributed by atoms with Crippen LogP contribution in [0.15, 0.2) is 96.2 Å². The quantitative estimate of drug-likeness (QED) is 0.131. The predicted molar refractivity (Wildman–Crippen MR) is 129 cm³/mol. The predicted octanol–water partition coefficient (Wildman–Crippen LogP) is 3.90. The molecule has 36 heavy (non-hydrogen) atoms. The first-order valence-electron chi connectivity index (χ1n) is 10.9. The highest BCUT2D eigenvalue weighted by Gasteiger charge is 2.39. The van der Waals surface area contributed by atoms with Crippen LogP contribution in [0.25, 0.3) is 0 Å². The Kier molecular flexibility index (Phi) is 9.72. The molecule has 0 bridgehead atoms. The molecule has 0 saturated heterocycles. The van der Waals surface area contributed by atoms with Crippen LogP contribution in [0.5, 0.6) is 0 Å². The molecular weight excluding hydrogens is 466 g/mol. The third-order valence-corrected chi connectivity index (χ3v) is 4.88. The van der Waals surface area contributed by atoms with E-state index in [-0.39, 0.29) is 16.7 Å². The van der Waals surface area contributed by atoms with Crippen LogP contribution in [0.1, 0.15) is 31.1 Å². The Morgan fingerprint density at radius 3 is 1.47 bits per heavy atom. The lowest BCUT2D eigenvalue weighted by molar-refractivity contribution is -0.169. The van der Waals surface area contributed by atoms with E-state index in [1.807, 2.05) is 0 Å². The van der Waals surface area contributed by atoms with Crippen LogP contribution in [-0.4, -0.2) is 56.8 Å². The molecule has 0 radical (unpaired) electrons. The van der Waals surface area contributed by atoms with E-state index in [4.69, 9.17) is 23.8 Å². The van der Waals surface area contributed by atoms with Gasteiger partial charge in [0.1, 0.15) is 7.11 Å². The average Bonchev–Trinajstić information content (AvgIpc) is 2.94. The second kappa shape index (κ2) is 13.4. The van der Waals surface area contributed by atoms with Crippen LogP contribution in [-0.2, 0) is 23.8 Å². The number of nitrogens with zero attached hydrogens (tertiary/aromatic N) is 1. The Morgan fingerprint density at radius 2 is 1.06 bits per heavy atom. The van der Waals surface area contributed by atoms with Gasteiger partial charge >= 0.3 is 17.9 Å².